The molecular weight excluding hydrogens is 398 g/mol. The minimum Gasteiger partial charge on any atom is -0.496 e. The van der Waals surface area contributed by atoms with Gasteiger partial charge in [-0.3, -0.25) is 9.59 Å². The van der Waals surface area contributed by atoms with Crippen LogP contribution in [-0.2, 0) is 17.8 Å². The predicted molar refractivity (Wildman–Crippen MR) is 117 cm³/mol. The van der Waals surface area contributed by atoms with Crippen LogP contribution in [0.2, 0.25) is 0 Å². The molecule has 0 atom stereocenters. The summed E-state index contributed by atoms with van der Waals surface area (Å²) in [6.45, 7) is 0.522. The summed E-state index contributed by atoms with van der Waals surface area (Å²) in [5, 5.41) is 7.24. The lowest BCUT2D eigenvalue weighted by Crippen LogP contribution is -2.32. The molecule has 1 N–H and O–H groups in total. The van der Waals surface area contributed by atoms with E-state index < -0.39 is 0 Å². The van der Waals surface area contributed by atoms with Gasteiger partial charge >= 0.3 is 0 Å². The fraction of sp³-hybridized carbons (Fsp3) is 0.261. The third kappa shape index (κ3) is 5.42. The first-order valence-corrected chi connectivity index (χ1v) is 9.75. The molecule has 162 valence electrons. The number of methoxy groups -OCH3 is 3. The monoisotopic (exact) mass is 423 g/mol. The summed E-state index contributed by atoms with van der Waals surface area (Å²) >= 11 is 0. The lowest BCUT2D eigenvalue weighted by atomic mass is 10.1. The molecule has 0 unspecified atom stereocenters. The second-order valence-electron chi connectivity index (χ2n) is 6.69. The van der Waals surface area contributed by atoms with Crippen LogP contribution < -0.4 is 25.1 Å². The van der Waals surface area contributed by atoms with Crippen molar-refractivity contribution in [2.24, 2.45) is 0 Å². The van der Waals surface area contributed by atoms with Crippen LogP contribution in [0.4, 0.5) is 0 Å². The van der Waals surface area contributed by atoms with E-state index in [4.69, 9.17) is 14.2 Å². The Bertz CT molecular complexity index is 1110. The maximum atomic E-state index is 12.3. The molecule has 0 aliphatic rings. The molecule has 0 bridgehead atoms. The Morgan fingerprint density at radius 3 is 2.42 bits per heavy atom. The standard InChI is InChI=1S/C23H25N3O5/c1-29-19-7-5-4-6-17(19)15-22(27)24-12-13-26-23(28)11-9-18(25-26)16-8-10-20(30-2)21(14-16)31-3/h4-11,14H,12-13,15H2,1-3H3,(H,24,27). The highest BCUT2D eigenvalue weighted by molar-refractivity contribution is 5.79. The molecule has 0 saturated heterocycles. The van der Waals surface area contributed by atoms with E-state index in [9.17, 15) is 9.59 Å². The molecule has 31 heavy (non-hydrogen) atoms. The number of para-hydroxylation sites is 1. The second kappa shape index (κ2) is 10.3. The van der Waals surface area contributed by atoms with Crippen molar-refractivity contribution in [1.29, 1.82) is 0 Å². The second-order valence-corrected chi connectivity index (χ2v) is 6.69. The van der Waals surface area contributed by atoms with Gasteiger partial charge in [0.1, 0.15) is 5.75 Å². The van der Waals surface area contributed by atoms with Crippen LogP contribution in [0.15, 0.2) is 59.4 Å². The summed E-state index contributed by atoms with van der Waals surface area (Å²) in [5.41, 5.74) is 1.95. The number of hydrogen-bond acceptors (Lipinski definition) is 6. The van der Waals surface area contributed by atoms with Gasteiger partial charge in [0.05, 0.1) is 40.0 Å². The van der Waals surface area contributed by atoms with Crippen molar-refractivity contribution in [1.82, 2.24) is 15.1 Å². The van der Waals surface area contributed by atoms with E-state index in [1.165, 1.54) is 10.7 Å². The number of nitrogens with one attached hydrogen (secondary N) is 1. The molecule has 1 aromatic heterocycles. The molecule has 3 rings (SSSR count). The molecular formula is C23H25N3O5. The summed E-state index contributed by atoms with van der Waals surface area (Å²) in [5.74, 6) is 1.69. The molecule has 0 saturated carbocycles. The number of amides is 1. The average Bonchev–Trinajstić information content (AvgIpc) is 2.80. The van der Waals surface area contributed by atoms with Crippen molar-refractivity contribution in [3.8, 4) is 28.5 Å². The van der Waals surface area contributed by atoms with Gasteiger partial charge in [-0.1, -0.05) is 18.2 Å². The van der Waals surface area contributed by atoms with Crippen molar-refractivity contribution in [2.75, 3.05) is 27.9 Å². The van der Waals surface area contributed by atoms with E-state index in [-0.39, 0.29) is 31.0 Å². The summed E-state index contributed by atoms with van der Waals surface area (Å²) in [6, 6.07) is 15.9. The number of benzene rings is 2. The number of carbonyl (C=O) groups excluding carboxylic acids is 1. The molecule has 8 heteroatoms. The molecule has 0 spiro atoms. The zero-order valence-electron chi connectivity index (χ0n) is 17.8. The van der Waals surface area contributed by atoms with Crippen molar-refractivity contribution >= 4 is 5.91 Å². The molecule has 3 aromatic rings. The third-order valence-corrected chi connectivity index (χ3v) is 4.74. The van der Waals surface area contributed by atoms with Gasteiger partial charge in [0.2, 0.25) is 5.91 Å². The Morgan fingerprint density at radius 1 is 0.935 bits per heavy atom. The van der Waals surface area contributed by atoms with Crippen molar-refractivity contribution < 1.29 is 19.0 Å². The van der Waals surface area contributed by atoms with Crippen LogP contribution in [0.25, 0.3) is 11.3 Å². The fourth-order valence-corrected chi connectivity index (χ4v) is 3.14. The molecule has 0 aliphatic heterocycles. The van der Waals surface area contributed by atoms with E-state index in [0.29, 0.717) is 22.9 Å². The molecule has 1 heterocycles. The van der Waals surface area contributed by atoms with Crippen LogP contribution in [0.3, 0.4) is 0 Å². The Morgan fingerprint density at radius 2 is 1.68 bits per heavy atom. The number of hydrogen-bond donors (Lipinski definition) is 1. The van der Waals surface area contributed by atoms with Gasteiger partial charge in [-0.15, -0.1) is 0 Å². The van der Waals surface area contributed by atoms with Crippen LogP contribution in [-0.4, -0.2) is 43.6 Å². The van der Waals surface area contributed by atoms with Crippen LogP contribution >= 0.6 is 0 Å². The number of carbonyl (C=O) groups is 1. The van der Waals surface area contributed by atoms with Gasteiger partial charge in [0.25, 0.3) is 5.56 Å². The first-order chi connectivity index (χ1) is 15.0. The summed E-state index contributed by atoms with van der Waals surface area (Å²) in [4.78, 5) is 24.5. The smallest absolute Gasteiger partial charge is 0.266 e. The highest BCUT2D eigenvalue weighted by Crippen LogP contribution is 2.31. The largest absolute Gasteiger partial charge is 0.496 e. The molecule has 1 amide bonds. The molecule has 0 fully saturated rings. The number of ether oxygens (including phenoxy) is 3. The van der Waals surface area contributed by atoms with Crippen LogP contribution in [0, 0.1) is 0 Å². The maximum Gasteiger partial charge on any atom is 0.266 e. The number of rotatable bonds is 9. The highest BCUT2D eigenvalue weighted by atomic mass is 16.5. The van der Waals surface area contributed by atoms with Gasteiger partial charge in [-0.05, 0) is 30.3 Å². The third-order valence-electron chi connectivity index (χ3n) is 4.74. The molecule has 0 radical (unpaired) electrons. The van der Waals surface area contributed by atoms with E-state index in [2.05, 4.69) is 10.4 Å². The van der Waals surface area contributed by atoms with E-state index >= 15 is 0 Å². The van der Waals surface area contributed by atoms with Crippen molar-refractivity contribution in [2.45, 2.75) is 13.0 Å². The van der Waals surface area contributed by atoms with Gasteiger partial charge in [0.15, 0.2) is 11.5 Å². The number of aromatic nitrogens is 2. The van der Waals surface area contributed by atoms with Crippen LogP contribution in [0.5, 0.6) is 17.2 Å². The Hall–Kier alpha value is -3.81. The Kier molecular flexibility index (Phi) is 7.26. The van der Waals surface area contributed by atoms with Crippen molar-refractivity contribution in [3.63, 3.8) is 0 Å². The van der Waals surface area contributed by atoms with E-state index in [1.54, 1.807) is 39.5 Å². The average molecular weight is 423 g/mol. The van der Waals surface area contributed by atoms with Gasteiger partial charge < -0.3 is 19.5 Å². The van der Waals surface area contributed by atoms with Gasteiger partial charge in [-0.2, -0.15) is 5.10 Å². The van der Waals surface area contributed by atoms with Crippen molar-refractivity contribution in [3.05, 3.63) is 70.5 Å². The fourth-order valence-electron chi connectivity index (χ4n) is 3.14. The first-order valence-electron chi connectivity index (χ1n) is 9.75. The lowest BCUT2D eigenvalue weighted by molar-refractivity contribution is -0.120. The zero-order valence-corrected chi connectivity index (χ0v) is 17.8. The summed E-state index contributed by atoms with van der Waals surface area (Å²) < 4.78 is 17.2. The normalized spacial score (nSPS) is 10.4. The molecule has 2 aromatic carbocycles. The lowest BCUT2D eigenvalue weighted by Gasteiger charge is -2.11. The van der Waals surface area contributed by atoms with E-state index in [0.717, 1.165) is 11.1 Å². The predicted octanol–water partition coefficient (Wildman–Crippen LogP) is 2.29. The minimum atomic E-state index is -0.247. The van der Waals surface area contributed by atoms with Crippen LogP contribution in [0.1, 0.15) is 5.56 Å². The maximum absolute atomic E-state index is 12.3. The Balaban J connectivity index is 1.66. The first kappa shape index (κ1) is 21.9. The SMILES string of the molecule is COc1ccccc1CC(=O)NCCn1nc(-c2ccc(OC)c(OC)c2)ccc1=O. The topological polar surface area (TPSA) is 91.7 Å². The molecule has 0 aliphatic carbocycles. The molecule has 8 nitrogen and oxygen atoms in total. The zero-order chi connectivity index (χ0) is 22.2. The van der Waals surface area contributed by atoms with Gasteiger partial charge in [0, 0.05) is 23.7 Å². The number of nitrogens with zero attached hydrogens (tertiary/aromatic N) is 2. The minimum absolute atomic E-state index is 0.159. The Labute approximate surface area is 180 Å². The van der Waals surface area contributed by atoms with Gasteiger partial charge in [-0.25, -0.2) is 4.68 Å². The highest BCUT2D eigenvalue weighted by Gasteiger charge is 2.10. The van der Waals surface area contributed by atoms with E-state index in [1.807, 2.05) is 30.3 Å². The summed E-state index contributed by atoms with van der Waals surface area (Å²) in [7, 11) is 4.70. The summed E-state index contributed by atoms with van der Waals surface area (Å²) in [6.07, 6.45) is 0.192. The quantitative estimate of drug-likeness (QED) is 0.568.